The van der Waals surface area contributed by atoms with E-state index < -0.39 is 35.0 Å². The lowest BCUT2D eigenvalue weighted by molar-refractivity contribution is 0.0591. The number of nitrogens with one attached hydrogen (secondary N) is 1. The number of hydrogen-bond donors (Lipinski definition) is 1. The molecule has 0 aliphatic heterocycles. The van der Waals surface area contributed by atoms with Crippen LogP contribution in [0.5, 0.6) is 0 Å². The van der Waals surface area contributed by atoms with Crippen molar-refractivity contribution in [2.45, 2.75) is 6.43 Å². The summed E-state index contributed by atoms with van der Waals surface area (Å²) in [5.74, 6) is -2.64. The number of pyridine rings is 1. The van der Waals surface area contributed by atoms with Gasteiger partial charge in [0.05, 0.1) is 12.8 Å². The molecule has 15 heavy (non-hydrogen) atoms. The molecule has 0 atom stereocenters. The summed E-state index contributed by atoms with van der Waals surface area (Å²) in [7, 11) is 0.947. The number of H-pyrrole nitrogens is 1. The minimum absolute atomic E-state index is 0.458. The number of esters is 1. The highest BCUT2D eigenvalue weighted by Gasteiger charge is 2.20. The van der Waals surface area contributed by atoms with Crippen LogP contribution in [0.3, 0.4) is 0 Å². The average Bonchev–Trinajstić information content (AvgIpc) is 2.16. The second-order valence-electron chi connectivity index (χ2n) is 2.57. The summed E-state index contributed by atoms with van der Waals surface area (Å²) in [6, 6.07) is 0.458. The zero-order valence-electron chi connectivity index (χ0n) is 7.51. The lowest BCUT2D eigenvalue weighted by Gasteiger charge is -2.03. The Labute approximate surface area is 81.7 Å². The van der Waals surface area contributed by atoms with Gasteiger partial charge in [-0.25, -0.2) is 13.6 Å². The Bertz CT molecular complexity index is 441. The van der Waals surface area contributed by atoms with Crippen molar-refractivity contribution in [3.05, 3.63) is 33.5 Å². The van der Waals surface area contributed by atoms with Crippen LogP contribution in [0.2, 0.25) is 0 Å². The third kappa shape index (κ3) is 2.17. The Hall–Kier alpha value is -1.79. The number of alkyl halides is 2. The molecule has 0 fully saturated rings. The van der Waals surface area contributed by atoms with Crippen LogP contribution in [-0.4, -0.2) is 18.1 Å². The van der Waals surface area contributed by atoms with E-state index in [0.717, 1.165) is 7.11 Å². The maximum atomic E-state index is 13.0. The Morgan fingerprint density at radius 2 is 2.13 bits per heavy atom. The van der Waals surface area contributed by atoms with Gasteiger partial charge in [-0.1, -0.05) is 0 Å². The fourth-order valence-corrected chi connectivity index (χ4v) is 0.957. The number of hydrogen-bond acceptors (Lipinski definition) is 3. The van der Waals surface area contributed by atoms with Gasteiger partial charge >= 0.3 is 5.97 Å². The first-order valence-electron chi connectivity index (χ1n) is 3.76. The van der Waals surface area contributed by atoms with E-state index in [2.05, 4.69) is 4.74 Å². The van der Waals surface area contributed by atoms with E-state index in [9.17, 15) is 22.8 Å². The molecular formula is C8H6F3NO3. The summed E-state index contributed by atoms with van der Waals surface area (Å²) in [5, 5.41) is 0. The molecule has 0 aromatic carbocycles. The Morgan fingerprint density at radius 1 is 1.53 bits per heavy atom. The first-order valence-corrected chi connectivity index (χ1v) is 3.76. The van der Waals surface area contributed by atoms with Crippen molar-refractivity contribution in [1.29, 1.82) is 0 Å². The van der Waals surface area contributed by atoms with Crippen LogP contribution in [0.15, 0.2) is 10.9 Å². The number of carbonyl (C=O) groups is 1. The molecule has 0 aliphatic rings. The molecule has 0 unspecified atom stereocenters. The molecule has 0 saturated carbocycles. The van der Waals surface area contributed by atoms with E-state index in [1.807, 2.05) is 0 Å². The molecule has 0 spiro atoms. The number of halogens is 3. The zero-order chi connectivity index (χ0) is 11.6. The third-order valence-corrected chi connectivity index (χ3v) is 1.63. The minimum Gasteiger partial charge on any atom is -0.465 e. The number of carbonyl (C=O) groups excluding carboxylic acids is 1. The molecule has 0 saturated heterocycles. The predicted octanol–water partition coefficient (Wildman–Crippen LogP) is 1.24. The molecule has 0 bridgehead atoms. The smallest absolute Gasteiger partial charge is 0.346 e. The molecule has 1 N–H and O–H groups in total. The molecule has 82 valence electrons. The molecule has 1 rings (SSSR count). The minimum atomic E-state index is -3.01. The van der Waals surface area contributed by atoms with Gasteiger partial charge in [0, 0.05) is 6.07 Å². The highest BCUT2D eigenvalue weighted by Crippen LogP contribution is 2.15. The molecule has 4 nitrogen and oxygen atoms in total. The van der Waals surface area contributed by atoms with Crippen LogP contribution >= 0.6 is 0 Å². The van der Waals surface area contributed by atoms with E-state index in [-0.39, 0.29) is 0 Å². The molecular weight excluding hydrogens is 215 g/mol. The number of rotatable bonds is 2. The number of ether oxygens (including phenoxy) is 1. The average molecular weight is 221 g/mol. The van der Waals surface area contributed by atoms with Gasteiger partial charge in [0.15, 0.2) is 11.0 Å². The topological polar surface area (TPSA) is 59.2 Å². The highest BCUT2D eigenvalue weighted by molar-refractivity contribution is 5.89. The monoisotopic (exact) mass is 221 g/mol. The quantitative estimate of drug-likeness (QED) is 0.603. The van der Waals surface area contributed by atoms with E-state index in [1.54, 1.807) is 4.98 Å². The van der Waals surface area contributed by atoms with Crippen LogP contribution in [0.25, 0.3) is 0 Å². The van der Waals surface area contributed by atoms with Gasteiger partial charge in [0.25, 0.3) is 6.43 Å². The summed E-state index contributed by atoms with van der Waals surface area (Å²) in [4.78, 5) is 23.6. The van der Waals surface area contributed by atoms with Crippen LogP contribution in [0.4, 0.5) is 13.2 Å². The van der Waals surface area contributed by atoms with Gasteiger partial charge in [-0.15, -0.1) is 0 Å². The molecule has 0 aliphatic carbocycles. The van der Waals surface area contributed by atoms with Gasteiger partial charge in [-0.05, 0) is 0 Å². The molecule has 0 amide bonds. The largest absolute Gasteiger partial charge is 0.465 e. The number of aromatic amines is 1. The zero-order valence-corrected chi connectivity index (χ0v) is 7.51. The second kappa shape index (κ2) is 4.16. The number of methoxy groups -OCH3 is 1. The summed E-state index contributed by atoms with van der Waals surface area (Å²) in [6.07, 6.45) is -3.01. The van der Waals surface area contributed by atoms with Crippen LogP contribution < -0.4 is 5.43 Å². The maximum Gasteiger partial charge on any atom is 0.346 e. The van der Waals surface area contributed by atoms with Gasteiger partial charge in [0.1, 0.15) is 0 Å². The Balaban J connectivity index is 3.34. The van der Waals surface area contributed by atoms with Crippen LogP contribution in [-0.2, 0) is 4.74 Å². The van der Waals surface area contributed by atoms with Gasteiger partial charge in [-0.3, -0.25) is 4.79 Å². The second-order valence-corrected chi connectivity index (χ2v) is 2.57. The van der Waals surface area contributed by atoms with Gasteiger partial charge < -0.3 is 9.72 Å². The fraction of sp³-hybridized carbons (Fsp3) is 0.250. The van der Waals surface area contributed by atoms with Crippen molar-refractivity contribution in [3.8, 4) is 0 Å². The van der Waals surface area contributed by atoms with Crippen molar-refractivity contribution >= 4 is 5.97 Å². The molecule has 7 heteroatoms. The van der Waals surface area contributed by atoms with E-state index in [4.69, 9.17) is 0 Å². The van der Waals surface area contributed by atoms with E-state index in [0.29, 0.717) is 6.07 Å². The molecule has 1 aromatic heterocycles. The van der Waals surface area contributed by atoms with Crippen LogP contribution in [0.1, 0.15) is 22.5 Å². The van der Waals surface area contributed by atoms with Crippen molar-refractivity contribution in [2.24, 2.45) is 0 Å². The standard InChI is InChI=1S/C8H6F3NO3/c1-15-8(14)5-4(13)2-3(6(9)10)12-7(5)11/h2,6H,1H3,(H,12,13). The number of aromatic nitrogens is 1. The first-order chi connectivity index (χ1) is 6.97. The van der Waals surface area contributed by atoms with E-state index in [1.165, 1.54) is 0 Å². The van der Waals surface area contributed by atoms with E-state index >= 15 is 0 Å². The maximum absolute atomic E-state index is 13.0. The van der Waals surface area contributed by atoms with Crippen molar-refractivity contribution in [1.82, 2.24) is 4.98 Å². The predicted molar refractivity (Wildman–Crippen MR) is 43.3 cm³/mol. The van der Waals surface area contributed by atoms with Crippen molar-refractivity contribution in [3.63, 3.8) is 0 Å². The summed E-state index contributed by atoms with van der Waals surface area (Å²) in [5.41, 5.74) is -2.94. The lowest BCUT2D eigenvalue weighted by atomic mass is 10.2. The van der Waals surface area contributed by atoms with Gasteiger partial charge in [0.2, 0.25) is 5.95 Å². The van der Waals surface area contributed by atoms with Gasteiger partial charge in [-0.2, -0.15) is 4.39 Å². The Kier molecular flexibility index (Phi) is 3.13. The summed E-state index contributed by atoms with van der Waals surface area (Å²) in [6.45, 7) is 0. The first kappa shape index (κ1) is 11.3. The highest BCUT2D eigenvalue weighted by atomic mass is 19.3. The van der Waals surface area contributed by atoms with Crippen molar-refractivity contribution in [2.75, 3.05) is 7.11 Å². The molecule has 1 aromatic rings. The Morgan fingerprint density at radius 3 is 2.53 bits per heavy atom. The van der Waals surface area contributed by atoms with Crippen molar-refractivity contribution < 1.29 is 22.7 Å². The molecule has 0 radical (unpaired) electrons. The lowest BCUT2D eigenvalue weighted by Crippen LogP contribution is -2.20. The third-order valence-electron chi connectivity index (χ3n) is 1.63. The molecule has 1 heterocycles. The SMILES string of the molecule is COC(=O)c1c(F)[nH]c(C(F)F)cc1=O. The van der Waals surface area contributed by atoms with Crippen LogP contribution in [0, 0.1) is 5.95 Å². The summed E-state index contributed by atoms with van der Waals surface area (Å²) < 4.78 is 41.3. The fourth-order valence-electron chi connectivity index (χ4n) is 0.957. The summed E-state index contributed by atoms with van der Waals surface area (Å²) >= 11 is 0. The normalized spacial score (nSPS) is 10.5.